The highest BCUT2D eigenvalue weighted by Gasteiger charge is 2.17. The largest absolute Gasteiger partial charge is 0.547 e. The van der Waals surface area contributed by atoms with Gasteiger partial charge in [-0.15, -0.1) is 0 Å². The van der Waals surface area contributed by atoms with E-state index in [0.29, 0.717) is 6.04 Å². The smallest absolute Gasteiger partial charge is 0.229 e. The second-order valence-corrected chi connectivity index (χ2v) is 8.21. The first-order valence-corrected chi connectivity index (χ1v) is 10.4. The van der Waals surface area contributed by atoms with Crippen molar-refractivity contribution in [3.8, 4) is 5.75 Å². The number of nitrogens with zero attached hydrogens (tertiary/aromatic N) is 2. The van der Waals surface area contributed by atoms with Gasteiger partial charge in [0.15, 0.2) is 0 Å². The molecule has 20 heavy (non-hydrogen) atoms. The molecule has 1 saturated heterocycles. The van der Waals surface area contributed by atoms with E-state index in [1.165, 1.54) is 18.4 Å². The number of benzene rings is 1. The van der Waals surface area contributed by atoms with Crippen LogP contribution in [0, 0.1) is 0 Å². The lowest BCUT2D eigenvalue weighted by molar-refractivity contribution is 0.424. The van der Waals surface area contributed by atoms with Crippen molar-refractivity contribution >= 4 is 15.4 Å². The van der Waals surface area contributed by atoms with E-state index >= 15 is 0 Å². The van der Waals surface area contributed by atoms with Gasteiger partial charge >= 0.3 is 0 Å². The first kappa shape index (κ1) is 15.1. The number of hydrogen-bond acceptors (Lipinski definition) is 2. The molecule has 2 unspecified atom stereocenters. The second kappa shape index (κ2) is 6.93. The van der Waals surface area contributed by atoms with Gasteiger partial charge in [0.05, 0.1) is 12.4 Å². The predicted octanol–water partition coefficient (Wildman–Crippen LogP) is 3.62. The molecule has 3 nitrogen and oxygen atoms in total. The molecule has 1 aromatic rings. The van der Waals surface area contributed by atoms with Crippen LogP contribution in [-0.4, -0.2) is 32.9 Å². The van der Waals surface area contributed by atoms with Crippen molar-refractivity contribution in [2.75, 3.05) is 6.54 Å². The Labute approximate surface area is 124 Å². The molecule has 0 aromatic heterocycles. The van der Waals surface area contributed by atoms with Gasteiger partial charge in [-0.3, -0.25) is 4.99 Å². The van der Waals surface area contributed by atoms with Gasteiger partial charge in [0.25, 0.3) is 0 Å². The van der Waals surface area contributed by atoms with Crippen LogP contribution < -0.4 is 4.43 Å². The molecule has 1 aliphatic rings. The maximum atomic E-state index is 6.01. The highest BCUT2D eigenvalue weighted by molar-refractivity contribution is 6.49. The minimum atomic E-state index is -1.08. The second-order valence-electron chi connectivity index (χ2n) is 5.87. The van der Waals surface area contributed by atoms with Crippen molar-refractivity contribution in [3.05, 3.63) is 29.8 Å². The van der Waals surface area contributed by atoms with Crippen LogP contribution in [0.15, 0.2) is 29.3 Å². The van der Waals surface area contributed by atoms with Crippen LogP contribution in [0.1, 0.15) is 38.3 Å². The monoisotopic (exact) mass is 290 g/mol. The summed E-state index contributed by atoms with van der Waals surface area (Å²) in [5, 5.41) is 0. The van der Waals surface area contributed by atoms with Crippen LogP contribution in [0.4, 0.5) is 0 Å². The Kier molecular flexibility index (Phi) is 5.23. The van der Waals surface area contributed by atoms with Crippen molar-refractivity contribution in [2.24, 2.45) is 4.99 Å². The Balaban J connectivity index is 2.08. The number of likely N-dealkylation sites (tertiary alicyclic amines) is 1. The molecule has 1 aromatic carbocycles. The van der Waals surface area contributed by atoms with Gasteiger partial charge in [-0.2, -0.15) is 0 Å². The predicted molar refractivity (Wildman–Crippen MR) is 88.3 cm³/mol. The van der Waals surface area contributed by atoms with Gasteiger partial charge in [-0.05, 0) is 45.8 Å². The van der Waals surface area contributed by atoms with Gasteiger partial charge in [-0.25, -0.2) is 0 Å². The Morgan fingerprint density at radius 2 is 2.15 bits per heavy atom. The first-order valence-electron chi connectivity index (χ1n) is 7.62. The van der Waals surface area contributed by atoms with E-state index in [4.69, 9.17) is 9.42 Å². The molecule has 2 atom stereocenters. The summed E-state index contributed by atoms with van der Waals surface area (Å²) in [5.74, 6) is 1.01. The lowest BCUT2D eigenvalue weighted by Gasteiger charge is -2.20. The van der Waals surface area contributed by atoms with Crippen molar-refractivity contribution in [1.29, 1.82) is 0 Å². The zero-order chi connectivity index (χ0) is 14.5. The van der Waals surface area contributed by atoms with Crippen LogP contribution in [0.2, 0.25) is 13.1 Å². The fourth-order valence-corrected chi connectivity index (χ4v) is 3.30. The zero-order valence-corrected chi connectivity index (χ0v) is 14.2. The first-order chi connectivity index (χ1) is 9.58. The van der Waals surface area contributed by atoms with Gasteiger partial charge in [0.1, 0.15) is 5.75 Å². The van der Waals surface area contributed by atoms with Gasteiger partial charge in [0.2, 0.25) is 9.04 Å². The molecule has 1 fully saturated rings. The minimum Gasteiger partial charge on any atom is -0.547 e. The summed E-state index contributed by atoms with van der Waals surface area (Å²) in [6.07, 6.45) is 4.59. The molecule has 0 saturated carbocycles. The molecule has 1 aliphatic heterocycles. The van der Waals surface area contributed by atoms with Gasteiger partial charge in [-0.1, -0.05) is 18.2 Å². The molecule has 0 spiro atoms. The lowest BCUT2D eigenvalue weighted by atomic mass is 10.1. The van der Waals surface area contributed by atoms with Crippen molar-refractivity contribution in [2.45, 2.75) is 51.9 Å². The van der Waals surface area contributed by atoms with Gasteiger partial charge in [0, 0.05) is 18.2 Å². The minimum absolute atomic E-state index is 0.145. The van der Waals surface area contributed by atoms with Crippen LogP contribution in [-0.2, 0) is 0 Å². The SMILES string of the molecule is CC(N=CN1CCCC1C)c1ccccc1O[SiH](C)C. The number of aliphatic imine (C=N–C) groups is 1. The van der Waals surface area contributed by atoms with Crippen LogP contribution in [0.5, 0.6) is 5.75 Å². The molecule has 0 radical (unpaired) electrons. The normalized spacial score (nSPS) is 20.9. The number of hydrogen-bond donors (Lipinski definition) is 0. The van der Waals surface area contributed by atoms with Crippen LogP contribution >= 0.6 is 0 Å². The molecule has 0 amide bonds. The number of rotatable bonds is 5. The summed E-state index contributed by atoms with van der Waals surface area (Å²) < 4.78 is 6.01. The van der Waals surface area contributed by atoms with E-state index in [0.717, 1.165) is 12.3 Å². The quantitative estimate of drug-likeness (QED) is 0.470. The molecule has 0 bridgehead atoms. The Morgan fingerprint density at radius 3 is 2.80 bits per heavy atom. The third-order valence-corrected chi connectivity index (χ3v) is 4.50. The average Bonchev–Trinajstić information content (AvgIpc) is 2.81. The molecule has 1 heterocycles. The van der Waals surface area contributed by atoms with E-state index < -0.39 is 9.04 Å². The van der Waals surface area contributed by atoms with Crippen LogP contribution in [0.3, 0.4) is 0 Å². The summed E-state index contributed by atoms with van der Waals surface area (Å²) in [6.45, 7) is 9.92. The summed E-state index contributed by atoms with van der Waals surface area (Å²) in [6, 6.07) is 9.06. The third-order valence-electron chi connectivity index (χ3n) is 3.77. The van der Waals surface area contributed by atoms with Crippen molar-refractivity contribution < 1.29 is 4.43 Å². The summed E-state index contributed by atoms with van der Waals surface area (Å²) in [5.41, 5.74) is 1.19. The standard InChI is InChI=1S/C16H26N2OSi/c1-13-8-7-11-18(13)12-17-14(2)15-9-5-6-10-16(15)19-20(3)4/h5-6,9-10,12-14,20H,7-8,11H2,1-4H3. The molecule has 2 rings (SSSR count). The topological polar surface area (TPSA) is 24.8 Å². The summed E-state index contributed by atoms with van der Waals surface area (Å²) in [4.78, 5) is 7.08. The average molecular weight is 290 g/mol. The highest BCUT2D eigenvalue weighted by atomic mass is 28.3. The number of para-hydroxylation sites is 1. The molecular weight excluding hydrogens is 264 g/mol. The Bertz CT molecular complexity index is 462. The molecule has 0 N–H and O–H groups in total. The van der Waals surface area contributed by atoms with Crippen molar-refractivity contribution in [3.63, 3.8) is 0 Å². The van der Waals surface area contributed by atoms with Gasteiger partial charge < -0.3 is 9.33 Å². The fraction of sp³-hybridized carbons (Fsp3) is 0.562. The maximum Gasteiger partial charge on any atom is 0.229 e. The molecular formula is C16H26N2OSi. The van der Waals surface area contributed by atoms with E-state index in [1.807, 2.05) is 12.4 Å². The molecule has 110 valence electrons. The van der Waals surface area contributed by atoms with E-state index in [-0.39, 0.29) is 6.04 Å². The zero-order valence-electron chi connectivity index (χ0n) is 13.0. The third kappa shape index (κ3) is 3.85. The fourth-order valence-electron chi connectivity index (χ4n) is 2.58. The summed E-state index contributed by atoms with van der Waals surface area (Å²) >= 11 is 0. The molecule has 0 aliphatic carbocycles. The van der Waals surface area contributed by atoms with E-state index in [1.54, 1.807) is 0 Å². The molecule has 4 heteroatoms. The highest BCUT2D eigenvalue weighted by Crippen LogP contribution is 2.28. The summed E-state index contributed by atoms with van der Waals surface area (Å²) in [7, 11) is -1.08. The van der Waals surface area contributed by atoms with Crippen molar-refractivity contribution in [1.82, 2.24) is 4.90 Å². The lowest BCUT2D eigenvalue weighted by Crippen LogP contribution is -2.25. The van der Waals surface area contributed by atoms with E-state index in [9.17, 15) is 0 Å². The maximum absolute atomic E-state index is 6.01. The Morgan fingerprint density at radius 1 is 1.40 bits per heavy atom. The van der Waals surface area contributed by atoms with Crippen LogP contribution in [0.25, 0.3) is 0 Å². The Hall–Kier alpha value is -1.29. The van der Waals surface area contributed by atoms with E-state index in [2.05, 4.69) is 50.0 Å².